The number of Topliss-reactive ketones (excluding diaryl/α,β-unsaturated/α-hetero) is 1. The Bertz CT molecular complexity index is 3590. The third kappa shape index (κ3) is 52.8. The van der Waals surface area contributed by atoms with Crippen molar-refractivity contribution in [3.05, 3.63) is 11.9 Å². The van der Waals surface area contributed by atoms with Crippen LogP contribution in [0.3, 0.4) is 0 Å². The van der Waals surface area contributed by atoms with E-state index < -0.39 is 11.7 Å². The summed E-state index contributed by atoms with van der Waals surface area (Å²) in [5.74, 6) is 13.4. The number of terminal acetylenes is 5. The Morgan fingerprint density at radius 1 is 0.540 bits per heavy atom. The first-order chi connectivity index (χ1) is 59.4. The average Bonchev–Trinajstić information content (AvgIpc) is 1.58. The Labute approximate surface area is 747 Å². The Morgan fingerprint density at radius 2 is 1.02 bits per heavy atom. The van der Waals surface area contributed by atoms with Gasteiger partial charge in [-0.25, -0.2) is 19.1 Å². The lowest BCUT2D eigenvalue weighted by Crippen LogP contribution is -2.60. The lowest BCUT2D eigenvalue weighted by Gasteiger charge is -2.38. The molecule has 3 rings (SSSR count). The summed E-state index contributed by atoms with van der Waals surface area (Å²) >= 11 is 3.42. The SMILES string of the molecule is C#CCCCC(=O)N(CCN(CCSCCC(=O)CCCNC(=O)OC(C)(C)C)C(=O)CC)CCN(CCN(CCN(CC[N+](CCN)(CCNC(=O)CCCc1cn(CCOCCOCCOCCNC(=O)CCCC[C@@H]2SC[C@@H]3NC(=O)N[C@@H]32)nn1)C(=O)CCCC#C)C(=O)CCCC#C)C(=O)CCCC#C)C(=O)CCCC#C.CC(=O)OC(C)(C)C. The Hall–Kier alpha value is -8.92. The zero-order chi connectivity index (χ0) is 91.8. The molecule has 3 heterocycles. The average molecular weight is 1770 g/mol. The van der Waals surface area contributed by atoms with Crippen LogP contribution < -0.4 is 32.3 Å². The van der Waals surface area contributed by atoms with Gasteiger partial charge in [0.2, 0.25) is 41.4 Å². The van der Waals surface area contributed by atoms with Gasteiger partial charge in [-0.15, -0.1) is 66.8 Å². The van der Waals surface area contributed by atoms with Crippen LogP contribution in [0.25, 0.3) is 0 Å². The number of fused-ring (bicyclic) bond motifs is 1. The maximum absolute atomic E-state index is 14.6. The van der Waals surface area contributed by atoms with E-state index in [2.05, 4.69) is 66.5 Å². The summed E-state index contributed by atoms with van der Waals surface area (Å²) in [6, 6.07) is 0.287. The molecule has 2 saturated heterocycles. The smallest absolute Gasteiger partial charge is 0.407 e. The second kappa shape index (κ2) is 66.5. The number of aryl methyl sites for hydroxylation is 1. The highest BCUT2D eigenvalue weighted by molar-refractivity contribution is 8.00. The fourth-order valence-corrected chi connectivity index (χ4v) is 15.9. The zero-order valence-corrected chi connectivity index (χ0v) is 77.2. The molecule has 32 nitrogen and oxygen atoms in total. The highest BCUT2D eigenvalue weighted by Gasteiger charge is 2.43. The van der Waals surface area contributed by atoms with E-state index in [0.29, 0.717) is 191 Å². The number of esters is 1. The molecule has 124 heavy (non-hydrogen) atoms. The number of carbonyl (C=O) groups is 12. The number of nitrogens with zero attached hydrogens (tertiary/aromatic N) is 9. The molecular weight excluding hydrogens is 1630 g/mol. The molecule has 0 saturated carbocycles. The van der Waals surface area contributed by atoms with Crippen molar-refractivity contribution in [1.29, 1.82) is 0 Å². The lowest BCUT2D eigenvalue weighted by molar-refractivity contribution is -0.851. The van der Waals surface area contributed by atoms with Crippen LogP contribution in [0.5, 0.6) is 0 Å². The number of thioether (sulfide) groups is 2. The zero-order valence-electron chi connectivity index (χ0n) is 75.5. The number of quaternary nitrogens is 1. The summed E-state index contributed by atoms with van der Waals surface area (Å²) in [4.78, 5) is 166. The van der Waals surface area contributed by atoms with Gasteiger partial charge in [-0.2, -0.15) is 23.5 Å². The normalized spacial score (nSPS) is 14.3. The molecule has 2 fully saturated rings. The number of ketones is 1. The van der Waals surface area contributed by atoms with Crippen molar-refractivity contribution in [3.63, 3.8) is 0 Å². The van der Waals surface area contributed by atoms with E-state index in [-0.39, 0.29) is 224 Å². The Morgan fingerprint density at radius 3 is 1.52 bits per heavy atom. The van der Waals surface area contributed by atoms with E-state index in [1.807, 2.05) is 38.7 Å². The van der Waals surface area contributed by atoms with Crippen molar-refractivity contribution < 1.29 is 85.7 Å². The number of unbranched alkanes of at least 4 members (excludes halogenated alkanes) is 6. The molecule has 0 aromatic carbocycles. The molecule has 0 radical (unpaired) electrons. The van der Waals surface area contributed by atoms with Gasteiger partial charge in [-0.1, -0.05) is 18.6 Å². The summed E-state index contributed by atoms with van der Waals surface area (Å²) in [7, 11) is 0. The molecule has 7 N–H and O–H groups in total. The first kappa shape index (κ1) is 111. The van der Waals surface area contributed by atoms with Crippen molar-refractivity contribution in [2.75, 3.05) is 168 Å². The quantitative estimate of drug-likeness (QED) is 0.0128. The maximum atomic E-state index is 14.6. The molecular formula is C90H146N15O17S2+. The van der Waals surface area contributed by atoms with Crippen molar-refractivity contribution in [3.8, 4) is 61.7 Å². The number of amides is 11. The molecule has 0 spiro atoms. The van der Waals surface area contributed by atoms with E-state index in [1.54, 1.807) is 68.6 Å². The number of alkyl carbamates (subject to hydrolysis) is 1. The fourth-order valence-electron chi connectivity index (χ4n) is 13.5. The second-order valence-corrected chi connectivity index (χ2v) is 34.9. The first-order valence-corrected chi connectivity index (χ1v) is 46.3. The first-order valence-electron chi connectivity index (χ1n) is 44.1. The van der Waals surface area contributed by atoms with Gasteiger partial charge in [-0.3, -0.25) is 47.6 Å². The molecule has 1 aromatic heterocycles. The maximum Gasteiger partial charge on any atom is 0.407 e. The number of carbonyl (C=O) groups excluding carboxylic acids is 12. The van der Waals surface area contributed by atoms with Crippen molar-refractivity contribution in [2.45, 2.75) is 257 Å². The standard InChI is InChI=1S/C84H133N15O15S2.C6H12O2/c1-10-16-21-35-76(104)93(46-48-95(78(106)37-23-18-12-3)50-52-97(75(103)15-6)55-66-115-65-40-70(100)31-29-42-88-83(110)114-84(7,8)9)45-47-94(77(105)36-22-17-11-2)49-51-96(79(107)38-24-19-13-4)53-58-99(56-41-85,80(108)39-25-20-14-5)57-43-86-74(102)34-28-30-69-67-98(92-91-69)54-60-112-62-64-113-63-61-111-59-44-87-73(101)33-27-26-32-72-81-71(68-116-72)89-82(109)90-81;1-5(7)8-6(2,3)4/h1-5,67,71-72,81H,15-66,68,85H2,6-9H3,(H4-,86,87,88,89,90,101,102,109,110);1-4H3/p+1/t71-,72-,81-,99?;/m0./s1. The van der Waals surface area contributed by atoms with Gasteiger partial charge in [0.15, 0.2) is 0 Å². The van der Waals surface area contributed by atoms with Gasteiger partial charge in [0.25, 0.3) is 0 Å². The number of ether oxygens (including phenoxy) is 5. The van der Waals surface area contributed by atoms with E-state index in [9.17, 15) is 57.5 Å². The molecule has 0 bridgehead atoms. The minimum absolute atomic E-state index is 0.00311. The van der Waals surface area contributed by atoms with Crippen LogP contribution >= 0.6 is 23.5 Å². The number of aromatic nitrogens is 3. The number of urea groups is 1. The topological polar surface area (TPSA) is 384 Å². The molecule has 11 amide bonds. The number of hydrogen-bond donors (Lipinski definition) is 6. The molecule has 4 atom stereocenters. The highest BCUT2D eigenvalue weighted by atomic mass is 32.2. The summed E-state index contributed by atoms with van der Waals surface area (Å²) in [6.45, 7) is 19.4. The molecule has 0 aliphatic carbocycles. The number of nitrogens with two attached hydrogens (primary N) is 1. The predicted octanol–water partition coefficient (Wildman–Crippen LogP) is 6.83. The molecule has 34 heteroatoms. The summed E-state index contributed by atoms with van der Waals surface area (Å²) in [5.41, 5.74) is 6.06. The van der Waals surface area contributed by atoms with Crippen molar-refractivity contribution in [1.82, 2.24) is 66.1 Å². The summed E-state index contributed by atoms with van der Waals surface area (Å²) in [5, 5.41) is 23.4. The Kier molecular flexibility index (Phi) is 59.6. The van der Waals surface area contributed by atoms with Crippen LogP contribution in [0.2, 0.25) is 0 Å². The number of nitrogens with one attached hydrogen (secondary N) is 5. The van der Waals surface area contributed by atoms with Gasteiger partial charge in [0.05, 0.1) is 90.0 Å². The fraction of sp³-hybridized carbons (Fsp3) is 0.733. The molecule has 2 aliphatic heterocycles. The van der Waals surface area contributed by atoms with Crippen molar-refractivity contribution >= 4 is 94.7 Å². The van der Waals surface area contributed by atoms with Crippen LogP contribution in [0.4, 0.5) is 9.59 Å². The predicted molar refractivity (Wildman–Crippen MR) is 483 cm³/mol. The molecule has 2 aliphatic rings. The van der Waals surface area contributed by atoms with Crippen molar-refractivity contribution in [2.24, 2.45) is 5.73 Å². The molecule has 1 unspecified atom stereocenters. The third-order valence-corrected chi connectivity index (χ3v) is 22.5. The van der Waals surface area contributed by atoms with Crippen LogP contribution in [0.1, 0.15) is 222 Å². The van der Waals surface area contributed by atoms with Gasteiger partial charge >= 0.3 is 24.0 Å². The van der Waals surface area contributed by atoms with Crippen LogP contribution in [-0.4, -0.2) is 312 Å². The monoisotopic (exact) mass is 1770 g/mol. The van der Waals surface area contributed by atoms with Gasteiger partial charge in [-0.05, 0) is 106 Å². The lowest BCUT2D eigenvalue weighted by atomic mass is 10.0. The highest BCUT2D eigenvalue weighted by Crippen LogP contribution is 2.33. The summed E-state index contributed by atoms with van der Waals surface area (Å²) < 4.78 is 28.5. The third-order valence-electron chi connectivity index (χ3n) is 20.0. The largest absolute Gasteiger partial charge is 0.460 e. The van der Waals surface area contributed by atoms with E-state index >= 15 is 0 Å². The van der Waals surface area contributed by atoms with Crippen LogP contribution in [-0.2, 0) is 84.6 Å². The van der Waals surface area contributed by atoms with E-state index in [1.165, 1.54) is 6.92 Å². The van der Waals surface area contributed by atoms with Gasteiger partial charge < -0.3 is 80.5 Å². The van der Waals surface area contributed by atoms with Crippen LogP contribution in [0.15, 0.2) is 6.20 Å². The minimum atomic E-state index is -0.628. The van der Waals surface area contributed by atoms with Crippen LogP contribution in [0, 0.1) is 61.7 Å². The molecule has 694 valence electrons. The Balaban J connectivity index is 0.00000617. The van der Waals surface area contributed by atoms with E-state index in [0.717, 1.165) is 25.0 Å². The van der Waals surface area contributed by atoms with Gasteiger partial charge in [0, 0.05) is 204 Å². The molecule has 1 aromatic rings. The summed E-state index contributed by atoms with van der Waals surface area (Å²) in [6.07, 6.45) is 39.3. The van der Waals surface area contributed by atoms with E-state index in [4.69, 9.17) is 61.5 Å². The number of hydrogen-bond acceptors (Lipinski definition) is 22. The number of rotatable bonds is 67. The second-order valence-electron chi connectivity index (χ2n) is 32.4. The minimum Gasteiger partial charge on any atom is -0.460 e. The van der Waals surface area contributed by atoms with Gasteiger partial charge in [0.1, 0.15) is 30.1 Å².